The molecule has 29 heavy (non-hydrogen) atoms. The standard InChI is InChI=1S/C23H30N4O2/c1-22(2)12-14(13-23(3,4)26-22)27-20(28)16-7-5-6-15-18(25-11-10-24)9-8-17(19(15)16)21(27)29/h5-9,14,25-26H,10-13,24H2,1-4H3. The first-order chi connectivity index (χ1) is 13.6. The number of hydrogen-bond donors (Lipinski definition) is 3. The summed E-state index contributed by atoms with van der Waals surface area (Å²) < 4.78 is 0. The highest BCUT2D eigenvalue weighted by molar-refractivity contribution is 6.26. The van der Waals surface area contributed by atoms with E-state index in [1.165, 1.54) is 4.90 Å². The number of rotatable bonds is 4. The lowest BCUT2D eigenvalue weighted by molar-refractivity contribution is 0.0370. The average molecular weight is 395 g/mol. The molecule has 4 N–H and O–H groups in total. The van der Waals surface area contributed by atoms with Gasteiger partial charge in [0.15, 0.2) is 0 Å². The molecule has 2 aromatic carbocycles. The Morgan fingerprint density at radius 3 is 2.28 bits per heavy atom. The SMILES string of the molecule is CC1(C)CC(N2C(=O)c3cccc4c(NCCN)ccc(c34)C2=O)CC(C)(C)N1. The molecule has 4 rings (SSSR count). The highest BCUT2D eigenvalue weighted by Crippen LogP contribution is 2.38. The van der Waals surface area contributed by atoms with Crippen LogP contribution in [0.1, 0.15) is 61.3 Å². The van der Waals surface area contributed by atoms with Crippen molar-refractivity contribution in [3.8, 4) is 0 Å². The monoisotopic (exact) mass is 394 g/mol. The molecular weight excluding hydrogens is 364 g/mol. The van der Waals surface area contributed by atoms with Gasteiger partial charge in [0.05, 0.1) is 0 Å². The molecule has 2 aliphatic rings. The third kappa shape index (κ3) is 3.40. The molecule has 2 heterocycles. The largest absolute Gasteiger partial charge is 0.383 e. The fraction of sp³-hybridized carbons (Fsp3) is 0.478. The fourth-order valence-corrected chi connectivity index (χ4v) is 5.26. The maximum atomic E-state index is 13.5. The number of carbonyl (C=O) groups excluding carboxylic acids is 2. The number of imide groups is 1. The number of carbonyl (C=O) groups is 2. The first kappa shape index (κ1) is 19.9. The molecule has 0 aromatic heterocycles. The molecule has 1 fully saturated rings. The molecule has 0 atom stereocenters. The van der Waals surface area contributed by atoms with Crippen LogP contribution in [-0.4, -0.2) is 46.9 Å². The van der Waals surface area contributed by atoms with Gasteiger partial charge < -0.3 is 16.4 Å². The number of nitrogens with one attached hydrogen (secondary N) is 2. The Bertz CT molecular complexity index is 958. The highest BCUT2D eigenvalue weighted by Gasteiger charge is 2.45. The van der Waals surface area contributed by atoms with E-state index in [1.54, 1.807) is 0 Å². The van der Waals surface area contributed by atoms with Crippen molar-refractivity contribution in [2.75, 3.05) is 18.4 Å². The molecule has 6 nitrogen and oxygen atoms in total. The van der Waals surface area contributed by atoms with E-state index in [-0.39, 0.29) is 28.9 Å². The summed E-state index contributed by atoms with van der Waals surface area (Å²) in [4.78, 5) is 28.5. The zero-order chi connectivity index (χ0) is 21.0. The summed E-state index contributed by atoms with van der Waals surface area (Å²) in [5.41, 5.74) is 7.41. The van der Waals surface area contributed by atoms with Gasteiger partial charge in [0.1, 0.15) is 0 Å². The third-order valence-electron chi connectivity index (χ3n) is 5.93. The Kier molecular flexibility index (Phi) is 4.67. The summed E-state index contributed by atoms with van der Waals surface area (Å²) in [6.07, 6.45) is 1.46. The van der Waals surface area contributed by atoms with Gasteiger partial charge in [-0.3, -0.25) is 14.5 Å². The first-order valence-corrected chi connectivity index (χ1v) is 10.3. The number of nitrogens with zero attached hydrogens (tertiary/aromatic N) is 1. The number of benzene rings is 2. The van der Waals surface area contributed by atoms with Crippen molar-refractivity contribution in [1.29, 1.82) is 0 Å². The van der Waals surface area contributed by atoms with Crippen molar-refractivity contribution in [1.82, 2.24) is 10.2 Å². The van der Waals surface area contributed by atoms with Gasteiger partial charge >= 0.3 is 0 Å². The van der Waals surface area contributed by atoms with Gasteiger partial charge in [-0.1, -0.05) is 12.1 Å². The van der Waals surface area contributed by atoms with E-state index in [1.807, 2.05) is 30.3 Å². The van der Waals surface area contributed by atoms with Crippen molar-refractivity contribution in [2.24, 2.45) is 5.73 Å². The highest BCUT2D eigenvalue weighted by atomic mass is 16.2. The Hall–Kier alpha value is -2.44. The molecule has 0 bridgehead atoms. The molecule has 1 saturated heterocycles. The molecule has 0 saturated carbocycles. The van der Waals surface area contributed by atoms with Crippen molar-refractivity contribution in [3.63, 3.8) is 0 Å². The van der Waals surface area contributed by atoms with E-state index in [2.05, 4.69) is 38.3 Å². The van der Waals surface area contributed by atoms with E-state index in [0.29, 0.717) is 24.2 Å². The zero-order valence-electron chi connectivity index (χ0n) is 17.6. The van der Waals surface area contributed by atoms with Crippen LogP contribution in [0.3, 0.4) is 0 Å². The molecule has 2 amide bonds. The van der Waals surface area contributed by atoms with Crippen LogP contribution in [0.2, 0.25) is 0 Å². The third-order valence-corrected chi connectivity index (χ3v) is 5.93. The van der Waals surface area contributed by atoms with Crippen LogP contribution in [0.4, 0.5) is 5.69 Å². The molecule has 2 aliphatic heterocycles. The van der Waals surface area contributed by atoms with Gasteiger partial charge in [-0.15, -0.1) is 0 Å². The van der Waals surface area contributed by atoms with E-state index in [4.69, 9.17) is 5.73 Å². The molecule has 2 aromatic rings. The number of amides is 2. The van der Waals surface area contributed by atoms with Crippen LogP contribution >= 0.6 is 0 Å². The molecule has 0 spiro atoms. The predicted molar refractivity (Wildman–Crippen MR) is 116 cm³/mol. The second-order valence-corrected chi connectivity index (χ2v) is 9.54. The van der Waals surface area contributed by atoms with Crippen LogP contribution in [0.25, 0.3) is 10.8 Å². The lowest BCUT2D eigenvalue weighted by Gasteiger charge is -2.49. The smallest absolute Gasteiger partial charge is 0.261 e. The Labute approximate surface area is 171 Å². The lowest BCUT2D eigenvalue weighted by Crippen LogP contribution is -2.63. The zero-order valence-corrected chi connectivity index (χ0v) is 17.6. The van der Waals surface area contributed by atoms with Crippen molar-refractivity contribution in [2.45, 2.75) is 57.7 Å². The summed E-state index contributed by atoms with van der Waals surface area (Å²) in [5.74, 6) is -0.384. The number of piperidine rings is 1. The van der Waals surface area contributed by atoms with Crippen LogP contribution in [0.5, 0.6) is 0 Å². The average Bonchev–Trinajstić information content (AvgIpc) is 2.62. The van der Waals surface area contributed by atoms with Gasteiger partial charge in [-0.25, -0.2) is 0 Å². The quantitative estimate of drug-likeness (QED) is 0.694. The van der Waals surface area contributed by atoms with Crippen molar-refractivity contribution >= 4 is 28.3 Å². The van der Waals surface area contributed by atoms with Gasteiger partial charge in [0.2, 0.25) is 0 Å². The molecule has 6 heteroatoms. The predicted octanol–water partition coefficient (Wildman–Crippen LogP) is 3.12. The minimum Gasteiger partial charge on any atom is -0.383 e. The van der Waals surface area contributed by atoms with Gasteiger partial charge in [-0.05, 0) is 58.7 Å². The van der Waals surface area contributed by atoms with E-state index in [0.717, 1.165) is 29.3 Å². The number of anilines is 1. The molecule has 0 unspecified atom stereocenters. The van der Waals surface area contributed by atoms with Gasteiger partial charge in [-0.2, -0.15) is 0 Å². The summed E-state index contributed by atoms with van der Waals surface area (Å²) in [5, 5.41) is 8.56. The normalized spacial score (nSPS) is 20.9. The minimum absolute atomic E-state index is 0.139. The van der Waals surface area contributed by atoms with Crippen LogP contribution in [0.15, 0.2) is 30.3 Å². The maximum Gasteiger partial charge on any atom is 0.261 e. The topological polar surface area (TPSA) is 87.5 Å². The first-order valence-electron chi connectivity index (χ1n) is 10.3. The van der Waals surface area contributed by atoms with Crippen LogP contribution in [-0.2, 0) is 0 Å². The molecule has 0 aliphatic carbocycles. The molecule has 0 radical (unpaired) electrons. The fourth-order valence-electron chi connectivity index (χ4n) is 5.26. The summed E-state index contributed by atoms with van der Waals surface area (Å²) >= 11 is 0. The summed E-state index contributed by atoms with van der Waals surface area (Å²) in [7, 11) is 0. The second kappa shape index (κ2) is 6.82. The van der Waals surface area contributed by atoms with Crippen LogP contribution in [0, 0.1) is 0 Å². The van der Waals surface area contributed by atoms with Crippen LogP contribution < -0.4 is 16.4 Å². The van der Waals surface area contributed by atoms with E-state index in [9.17, 15) is 9.59 Å². The van der Waals surface area contributed by atoms with Crippen molar-refractivity contribution in [3.05, 3.63) is 41.5 Å². The van der Waals surface area contributed by atoms with Gasteiger partial charge in [0.25, 0.3) is 11.8 Å². The molecular formula is C23H30N4O2. The van der Waals surface area contributed by atoms with E-state index < -0.39 is 0 Å². The Morgan fingerprint density at radius 1 is 1.03 bits per heavy atom. The summed E-state index contributed by atoms with van der Waals surface area (Å²) in [6.45, 7) is 9.66. The van der Waals surface area contributed by atoms with Crippen molar-refractivity contribution < 1.29 is 9.59 Å². The minimum atomic E-state index is -0.192. The maximum absolute atomic E-state index is 13.5. The Balaban J connectivity index is 1.80. The number of hydrogen-bond acceptors (Lipinski definition) is 5. The van der Waals surface area contributed by atoms with E-state index >= 15 is 0 Å². The molecule has 154 valence electrons. The Morgan fingerprint density at radius 2 is 1.66 bits per heavy atom. The number of nitrogens with two attached hydrogens (primary N) is 1. The van der Waals surface area contributed by atoms with Gasteiger partial charge in [0, 0.05) is 57.8 Å². The lowest BCUT2D eigenvalue weighted by atomic mass is 9.78. The second-order valence-electron chi connectivity index (χ2n) is 9.54. The summed E-state index contributed by atoms with van der Waals surface area (Å²) in [6, 6.07) is 9.28.